The second-order valence-electron chi connectivity index (χ2n) is 18.4. The van der Waals surface area contributed by atoms with E-state index < -0.39 is 11.9 Å². The molecule has 2 heterocycles. The van der Waals surface area contributed by atoms with Gasteiger partial charge in [0, 0.05) is 6.54 Å². The molecule has 1 N–H and O–H groups in total. The Labute approximate surface area is 279 Å². The van der Waals surface area contributed by atoms with E-state index in [0.29, 0.717) is 53.9 Å². The first-order valence-electron chi connectivity index (χ1n) is 18.2. The van der Waals surface area contributed by atoms with Crippen molar-refractivity contribution < 1.29 is 28.8 Å². The van der Waals surface area contributed by atoms with Crippen molar-refractivity contribution in [3.63, 3.8) is 0 Å². The summed E-state index contributed by atoms with van der Waals surface area (Å²) in [4.78, 5) is 14.5. The summed E-state index contributed by atoms with van der Waals surface area (Å²) < 4.78 is 25.3. The van der Waals surface area contributed by atoms with Gasteiger partial charge in [-0.15, -0.1) is 0 Å². The molecule has 0 bridgehead atoms. The predicted molar refractivity (Wildman–Crippen MR) is 179 cm³/mol. The molecule has 5 saturated carbocycles. The number of aliphatic hydroxyl groups excluding tert-OH is 1. The number of hydrogen-bond acceptors (Lipinski definition) is 6. The zero-order valence-electron chi connectivity index (χ0n) is 29.4. The summed E-state index contributed by atoms with van der Waals surface area (Å²) in [5.74, 6) is 3.15. The zero-order chi connectivity index (χ0) is 31.4. The highest BCUT2D eigenvalue weighted by atomic mass is 32.1. The van der Waals surface area contributed by atoms with Crippen molar-refractivity contribution in [2.24, 2.45) is 51.2 Å². The lowest BCUT2D eigenvalue weighted by Gasteiger charge is -2.60. The molecule has 0 aromatic heterocycles. The van der Waals surface area contributed by atoms with Crippen molar-refractivity contribution >= 4 is 19.6 Å². The molecule has 7 rings (SSSR count). The normalized spacial score (nSPS) is 47.3. The molecule has 12 atom stereocenters. The van der Waals surface area contributed by atoms with Crippen LogP contribution in [0.2, 0.25) is 0 Å². The van der Waals surface area contributed by atoms with Gasteiger partial charge >= 0.3 is 6.09 Å². The van der Waals surface area contributed by atoms with E-state index in [1.165, 1.54) is 51.4 Å². The number of carbonyl (C=O) groups is 1. The molecule has 0 radical (unpaired) electrons. The van der Waals surface area contributed by atoms with E-state index in [0.717, 1.165) is 24.7 Å². The van der Waals surface area contributed by atoms with Gasteiger partial charge in [0.15, 0.2) is 6.29 Å². The Morgan fingerprint density at radius 1 is 0.956 bits per heavy atom. The van der Waals surface area contributed by atoms with Crippen molar-refractivity contribution in [3.05, 3.63) is 0 Å². The Balaban J connectivity index is 0.00000357. The van der Waals surface area contributed by atoms with Crippen LogP contribution in [0.25, 0.3) is 0 Å². The number of morpholine rings is 1. The highest BCUT2D eigenvalue weighted by Crippen LogP contribution is 2.87. The third-order valence-electron chi connectivity index (χ3n) is 14.6. The molecule has 7 nitrogen and oxygen atoms in total. The van der Waals surface area contributed by atoms with Crippen LogP contribution in [0.4, 0.5) is 4.79 Å². The van der Waals surface area contributed by atoms with Crippen LogP contribution in [0.1, 0.15) is 120 Å². The van der Waals surface area contributed by atoms with Gasteiger partial charge < -0.3 is 29.0 Å². The van der Waals surface area contributed by atoms with Crippen molar-refractivity contribution in [2.45, 2.75) is 156 Å². The van der Waals surface area contributed by atoms with E-state index in [9.17, 15) is 9.90 Å². The van der Waals surface area contributed by atoms with Gasteiger partial charge in [0.25, 0.3) is 0 Å². The van der Waals surface area contributed by atoms with E-state index in [1.54, 1.807) is 4.90 Å². The van der Waals surface area contributed by atoms with Gasteiger partial charge in [-0.3, -0.25) is 0 Å². The Morgan fingerprint density at radius 3 is 2.40 bits per heavy atom. The average molecular weight is 650 g/mol. The number of ether oxygens (including phenoxy) is 4. The van der Waals surface area contributed by atoms with Crippen molar-refractivity contribution in [3.8, 4) is 0 Å². The topological polar surface area (TPSA) is 77.5 Å². The largest absolute Gasteiger partial charge is 0.444 e. The molecular weight excluding hydrogens is 586 g/mol. The van der Waals surface area contributed by atoms with Crippen LogP contribution in [0.3, 0.4) is 0 Å². The van der Waals surface area contributed by atoms with Crippen LogP contribution in [-0.4, -0.2) is 72.1 Å². The fourth-order valence-electron chi connectivity index (χ4n) is 12.6. The van der Waals surface area contributed by atoms with Crippen molar-refractivity contribution in [1.29, 1.82) is 0 Å². The highest BCUT2D eigenvalue weighted by molar-refractivity contribution is 7.59. The molecule has 45 heavy (non-hydrogen) atoms. The van der Waals surface area contributed by atoms with Crippen LogP contribution in [-0.2, 0) is 18.9 Å². The second-order valence-corrected chi connectivity index (χ2v) is 18.4. The lowest BCUT2D eigenvalue weighted by Crippen LogP contribution is -2.56. The van der Waals surface area contributed by atoms with Gasteiger partial charge in [0.1, 0.15) is 5.60 Å². The van der Waals surface area contributed by atoms with Gasteiger partial charge in [0.2, 0.25) is 0 Å². The summed E-state index contributed by atoms with van der Waals surface area (Å²) in [7, 11) is 0. The Kier molecular flexibility index (Phi) is 8.79. The first kappa shape index (κ1) is 34.3. The van der Waals surface area contributed by atoms with E-state index in [-0.39, 0.29) is 49.2 Å². The fourth-order valence-corrected chi connectivity index (χ4v) is 12.6. The highest BCUT2D eigenvalue weighted by Gasteiger charge is 2.80. The van der Waals surface area contributed by atoms with Crippen molar-refractivity contribution in [2.75, 3.05) is 19.7 Å². The average Bonchev–Trinajstić information content (AvgIpc) is 3.53. The summed E-state index contributed by atoms with van der Waals surface area (Å²) in [5, 5.41) is 10.8. The van der Waals surface area contributed by atoms with Gasteiger partial charge in [0.05, 0.1) is 37.6 Å². The molecule has 2 spiro atoms. The molecular formula is C37H63NO6S. The molecule has 2 saturated heterocycles. The standard InChI is InChI=1S/C37H61NO6.H2S/c1-22(2)31(39)26-11-9-24-27(42-26)19-25-23-10-12-28-34(6,7)29(13-14-37(28)21-36(23,37)16-15-35(24,25)8)43-30-20-38(17-18-41-30)32(40)44-33(3,4)5;/h22-31,39H,9-21H2,1-8H3;1H2/t23?,24?,25?,26?,27?,28?,29-,30?,31+,35?,36-,37?;/m0./s1. The summed E-state index contributed by atoms with van der Waals surface area (Å²) in [5.41, 5.74) is 0.906. The van der Waals surface area contributed by atoms with Gasteiger partial charge in [-0.2, -0.15) is 13.5 Å². The number of rotatable bonds is 4. The van der Waals surface area contributed by atoms with Crippen LogP contribution >= 0.6 is 13.5 Å². The SMILES string of the molecule is CC(C)[C@@H](O)C1CCC2C(CC3C4CCC5C(C)(C)[C@@H](OC6CN(C(=O)OC(C)(C)C)CCO6)CCC56C[C@@]46CCC23C)O1.S. The smallest absolute Gasteiger partial charge is 0.410 e. The molecule has 9 unspecified atom stereocenters. The summed E-state index contributed by atoms with van der Waals surface area (Å²) in [6, 6.07) is 0. The van der Waals surface area contributed by atoms with Gasteiger partial charge in [-0.05, 0) is 136 Å². The number of amides is 1. The number of nitrogens with zero attached hydrogens (tertiary/aromatic N) is 1. The molecule has 7 aliphatic rings. The minimum absolute atomic E-state index is 0. The maximum Gasteiger partial charge on any atom is 0.410 e. The Morgan fingerprint density at radius 2 is 1.69 bits per heavy atom. The van der Waals surface area contributed by atoms with Crippen LogP contribution in [0.5, 0.6) is 0 Å². The van der Waals surface area contributed by atoms with Crippen LogP contribution in [0.15, 0.2) is 0 Å². The van der Waals surface area contributed by atoms with E-state index in [1.807, 2.05) is 20.8 Å². The maximum atomic E-state index is 12.8. The van der Waals surface area contributed by atoms with Crippen molar-refractivity contribution in [1.82, 2.24) is 4.90 Å². The first-order valence-corrected chi connectivity index (χ1v) is 18.2. The minimum atomic E-state index is -0.511. The maximum absolute atomic E-state index is 12.8. The number of fused-ring (bicyclic) bond motifs is 4. The number of aliphatic hydroxyl groups is 1. The summed E-state index contributed by atoms with van der Waals surface area (Å²) in [6.45, 7) is 19.0. The molecule has 0 aromatic carbocycles. The zero-order valence-corrected chi connectivity index (χ0v) is 30.4. The number of hydrogen-bond donors (Lipinski definition) is 1. The molecule has 258 valence electrons. The second kappa shape index (κ2) is 11.5. The van der Waals surface area contributed by atoms with E-state index in [2.05, 4.69) is 34.6 Å². The molecule has 8 heteroatoms. The van der Waals surface area contributed by atoms with Crippen LogP contribution in [0, 0.1) is 51.2 Å². The fraction of sp³-hybridized carbons (Fsp3) is 0.973. The summed E-state index contributed by atoms with van der Waals surface area (Å²) >= 11 is 0. The monoisotopic (exact) mass is 649 g/mol. The van der Waals surface area contributed by atoms with Crippen LogP contribution < -0.4 is 0 Å². The Bertz CT molecular complexity index is 1120. The Hall–Kier alpha value is -0.540. The summed E-state index contributed by atoms with van der Waals surface area (Å²) in [6.07, 6.45) is 12.0. The molecule has 0 aromatic rings. The molecule has 7 fully saturated rings. The number of carbonyl (C=O) groups excluding carboxylic acids is 1. The van der Waals surface area contributed by atoms with Gasteiger partial charge in [-0.1, -0.05) is 34.6 Å². The lowest BCUT2D eigenvalue weighted by molar-refractivity contribution is -0.243. The van der Waals surface area contributed by atoms with E-state index in [4.69, 9.17) is 18.9 Å². The first-order chi connectivity index (χ1) is 20.6. The third-order valence-corrected chi connectivity index (χ3v) is 14.6. The van der Waals surface area contributed by atoms with E-state index >= 15 is 0 Å². The third kappa shape index (κ3) is 5.32. The molecule has 5 aliphatic carbocycles. The quantitative estimate of drug-likeness (QED) is 0.345. The minimum Gasteiger partial charge on any atom is -0.444 e. The molecule has 2 aliphatic heterocycles. The van der Waals surface area contributed by atoms with Gasteiger partial charge in [-0.25, -0.2) is 4.79 Å². The molecule has 1 amide bonds. The predicted octanol–water partition coefficient (Wildman–Crippen LogP) is 7.30. The lowest BCUT2D eigenvalue weighted by atomic mass is 9.46.